The molecule has 1 fully saturated rings. The average Bonchev–Trinajstić information content (AvgIpc) is 2.85. The third-order valence-electron chi connectivity index (χ3n) is 3.23. The van der Waals surface area contributed by atoms with Crippen molar-refractivity contribution in [2.75, 3.05) is 26.2 Å². The lowest BCUT2D eigenvalue weighted by Crippen LogP contribution is -2.44. The number of hydrogen-bond donors (Lipinski definition) is 3. The second-order valence-electron chi connectivity index (χ2n) is 4.79. The molecule has 1 aliphatic rings. The first kappa shape index (κ1) is 13.8. The zero-order valence-corrected chi connectivity index (χ0v) is 11.1. The van der Waals surface area contributed by atoms with Crippen molar-refractivity contribution < 1.29 is 14.6 Å². The molecule has 3 N–H and O–H groups in total. The van der Waals surface area contributed by atoms with Crippen LogP contribution in [0.2, 0.25) is 0 Å². The summed E-state index contributed by atoms with van der Waals surface area (Å²) in [5.41, 5.74) is -0.251. The Bertz CT molecular complexity index is 425. The van der Waals surface area contributed by atoms with Crippen molar-refractivity contribution in [2.24, 2.45) is 0 Å². The summed E-state index contributed by atoms with van der Waals surface area (Å²) in [5.74, 6) is 0.570. The van der Waals surface area contributed by atoms with Crippen LogP contribution in [0, 0.1) is 0 Å². The summed E-state index contributed by atoms with van der Waals surface area (Å²) in [5, 5.41) is 15.9. The summed E-state index contributed by atoms with van der Waals surface area (Å²) in [6, 6.07) is 6.98. The van der Waals surface area contributed by atoms with E-state index >= 15 is 0 Å². The second kappa shape index (κ2) is 6.04. The van der Waals surface area contributed by atoms with Crippen molar-refractivity contribution in [1.29, 1.82) is 0 Å². The molecule has 0 aromatic heterocycles. The van der Waals surface area contributed by atoms with Crippen LogP contribution in [0.4, 0.5) is 0 Å². The normalized spacial score (nSPS) is 22.2. The highest BCUT2D eigenvalue weighted by molar-refractivity contribution is 5.94. The molecule has 0 bridgehead atoms. The van der Waals surface area contributed by atoms with Gasteiger partial charge in [0.05, 0.1) is 12.2 Å². The van der Waals surface area contributed by atoms with Gasteiger partial charge >= 0.3 is 0 Å². The Balaban J connectivity index is 1.88. The third kappa shape index (κ3) is 3.68. The Morgan fingerprint density at radius 1 is 1.47 bits per heavy atom. The highest BCUT2D eigenvalue weighted by atomic mass is 16.5. The molecular weight excluding hydrogens is 244 g/mol. The fourth-order valence-electron chi connectivity index (χ4n) is 2.10. The lowest BCUT2D eigenvalue weighted by molar-refractivity contribution is 0.0562. The van der Waals surface area contributed by atoms with Gasteiger partial charge in [0.2, 0.25) is 0 Å². The molecule has 0 saturated carbocycles. The summed E-state index contributed by atoms with van der Waals surface area (Å²) in [4.78, 5) is 11.9. The SMILES string of the molecule is CCOc1ccc(C(=O)NCC2(O)CCNC2)cc1. The number of ether oxygens (including phenoxy) is 1. The first-order valence-corrected chi connectivity index (χ1v) is 6.57. The van der Waals surface area contributed by atoms with Gasteiger partial charge < -0.3 is 20.5 Å². The lowest BCUT2D eigenvalue weighted by atomic mass is 10.0. The van der Waals surface area contributed by atoms with Gasteiger partial charge in [-0.25, -0.2) is 0 Å². The van der Waals surface area contributed by atoms with E-state index in [1.807, 2.05) is 6.92 Å². The molecule has 5 nitrogen and oxygen atoms in total. The maximum absolute atomic E-state index is 11.9. The topological polar surface area (TPSA) is 70.6 Å². The third-order valence-corrected chi connectivity index (χ3v) is 3.23. The van der Waals surface area contributed by atoms with E-state index in [-0.39, 0.29) is 12.5 Å². The predicted octanol–water partition coefficient (Wildman–Crippen LogP) is 0.539. The van der Waals surface area contributed by atoms with Crippen LogP contribution in [0.3, 0.4) is 0 Å². The van der Waals surface area contributed by atoms with E-state index in [0.29, 0.717) is 25.1 Å². The summed E-state index contributed by atoms with van der Waals surface area (Å²) in [7, 11) is 0. The minimum atomic E-state index is -0.819. The lowest BCUT2D eigenvalue weighted by Gasteiger charge is -2.21. The standard InChI is InChI=1S/C14H20N2O3/c1-2-19-12-5-3-11(4-6-12)13(17)16-10-14(18)7-8-15-9-14/h3-6,15,18H,2,7-10H2,1H3,(H,16,17). The summed E-state index contributed by atoms with van der Waals surface area (Å²) in [6.07, 6.45) is 0.663. The molecule has 0 spiro atoms. The van der Waals surface area contributed by atoms with Gasteiger partial charge in [-0.3, -0.25) is 4.79 Å². The van der Waals surface area contributed by atoms with Gasteiger partial charge in [-0.05, 0) is 44.2 Å². The van der Waals surface area contributed by atoms with Crippen LogP contribution in [0.5, 0.6) is 5.75 Å². The van der Waals surface area contributed by atoms with Crippen LogP contribution in [-0.4, -0.2) is 42.9 Å². The van der Waals surface area contributed by atoms with Crippen LogP contribution in [0.25, 0.3) is 0 Å². The van der Waals surface area contributed by atoms with E-state index in [1.54, 1.807) is 24.3 Å². The van der Waals surface area contributed by atoms with Gasteiger partial charge in [0.1, 0.15) is 5.75 Å². The van der Waals surface area contributed by atoms with Gasteiger partial charge in [0.15, 0.2) is 0 Å². The molecule has 5 heteroatoms. The minimum Gasteiger partial charge on any atom is -0.494 e. The number of carbonyl (C=O) groups excluding carboxylic acids is 1. The molecule has 1 heterocycles. The van der Waals surface area contributed by atoms with Gasteiger partial charge in [-0.1, -0.05) is 0 Å². The van der Waals surface area contributed by atoms with Gasteiger partial charge in [-0.15, -0.1) is 0 Å². The molecule has 0 radical (unpaired) electrons. The largest absolute Gasteiger partial charge is 0.494 e. The Morgan fingerprint density at radius 3 is 2.79 bits per heavy atom. The summed E-state index contributed by atoms with van der Waals surface area (Å²) in [6.45, 7) is 4.10. The fourth-order valence-corrected chi connectivity index (χ4v) is 2.10. The van der Waals surface area contributed by atoms with Crippen LogP contribution in [0.1, 0.15) is 23.7 Å². The minimum absolute atomic E-state index is 0.177. The molecule has 0 aliphatic carbocycles. The fraction of sp³-hybridized carbons (Fsp3) is 0.500. The van der Waals surface area contributed by atoms with Crippen molar-refractivity contribution in [3.63, 3.8) is 0 Å². The van der Waals surface area contributed by atoms with Gasteiger partial charge in [-0.2, -0.15) is 0 Å². The zero-order chi connectivity index (χ0) is 13.7. The smallest absolute Gasteiger partial charge is 0.251 e. The Labute approximate surface area is 113 Å². The highest BCUT2D eigenvalue weighted by Gasteiger charge is 2.31. The molecule has 1 amide bonds. The Hall–Kier alpha value is -1.59. The maximum atomic E-state index is 11.9. The zero-order valence-electron chi connectivity index (χ0n) is 11.1. The second-order valence-corrected chi connectivity index (χ2v) is 4.79. The Kier molecular flexibility index (Phi) is 4.39. The molecule has 1 saturated heterocycles. The quantitative estimate of drug-likeness (QED) is 0.726. The Morgan fingerprint density at radius 2 is 2.21 bits per heavy atom. The van der Waals surface area contributed by atoms with Crippen LogP contribution in [0.15, 0.2) is 24.3 Å². The molecule has 1 aliphatic heterocycles. The number of β-amino-alcohol motifs (C(OH)–C–C–N with tert-alkyl or cyclic N) is 1. The molecule has 1 unspecified atom stereocenters. The van der Waals surface area contributed by atoms with Gasteiger partial charge in [0, 0.05) is 18.7 Å². The molecule has 1 aromatic carbocycles. The van der Waals surface area contributed by atoms with Crippen LogP contribution in [-0.2, 0) is 0 Å². The first-order chi connectivity index (χ1) is 9.13. The van der Waals surface area contributed by atoms with Crippen molar-refractivity contribution in [1.82, 2.24) is 10.6 Å². The molecule has 104 valence electrons. The van der Waals surface area contributed by atoms with Gasteiger partial charge in [0.25, 0.3) is 5.91 Å². The van der Waals surface area contributed by atoms with Crippen molar-refractivity contribution in [3.8, 4) is 5.75 Å². The number of nitrogens with one attached hydrogen (secondary N) is 2. The molecule has 2 rings (SSSR count). The molecular formula is C14H20N2O3. The van der Waals surface area contributed by atoms with Crippen LogP contribution < -0.4 is 15.4 Å². The van der Waals surface area contributed by atoms with E-state index in [4.69, 9.17) is 4.74 Å². The number of amides is 1. The summed E-state index contributed by atoms with van der Waals surface area (Å²) < 4.78 is 5.32. The number of carbonyl (C=O) groups is 1. The molecule has 1 aromatic rings. The first-order valence-electron chi connectivity index (χ1n) is 6.57. The van der Waals surface area contributed by atoms with Crippen molar-refractivity contribution >= 4 is 5.91 Å². The average molecular weight is 264 g/mol. The number of rotatable bonds is 5. The monoisotopic (exact) mass is 264 g/mol. The van der Waals surface area contributed by atoms with E-state index in [1.165, 1.54) is 0 Å². The molecule has 1 atom stereocenters. The van der Waals surface area contributed by atoms with Crippen molar-refractivity contribution in [2.45, 2.75) is 18.9 Å². The highest BCUT2D eigenvalue weighted by Crippen LogP contribution is 2.14. The van der Waals surface area contributed by atoms with Crippen LogP contribution >= 0.6 is 0 Å². The number of hydrogen-bond acceptors (Lipinski definition) is 4. The summed E-state index contributed by atoms with van der Waals surface area (Å²) >= 11 is 0. The predicted molar refractivity (Wildman–Crippen MR) is 72.4 cm³/mol. The van der Waals surface area contributed by atoms with E-state index in [9.17, 15) is 9.90 Å². The van der Waals surface area contributed by atoms with Crippen molar-refractivity contribution in [3.05, 3.63) is 29.8 Å². The number of aliphatic hydroxyl groups is 1. The molecule has 19 heavy (non-hydrogen) atoms. The van der Waals surface area contributed by atoms with E-state index < -0.39 is 5.60 Å². The van der Waals surface area contributed by atoms with E-state index in [2.05, 4.69) is 10.6 Å². The maximum Gasteiger partial charge on any atom is 0.251 e. The van der Waals surface area contributed by atoms with E-state index in [0.717, 1.165) is 12.3 Å². The number of benzene rings is 1.